The number of methoxy groups -OCH3 is 1. The van der Waals surface area contributed by atoms with Crippen LogP contribution in [0.3, 0.4) is 0 Å². The second-order valence-electron chi connectivity index (χ2n) is 11.6. The highest BCUT2D eigenvalue weighted by molar-refractivity contribution is 7.89. The number of esters is 1. The summed E-state index contributed by atoms with van der Waals surface area (Å²) in [4.78, 5) is 13.2. The Morgan fingerprint density at radius 1 is 1.07 bits per heavy atom. The summed E-state index contributed by atoms with van der Waals surface area (Å²) in [7, 11) is -2.57. The zero-order valence-corrected chi connectivity index (χ0v) is 26.0. The van der Waals surface area contributed by atoms with Gasteiger partial charge in [-0.2, -0.15) is 4.31 Å². The molecule has 5 rings (SSSR count). The largest absolute Gasteiger partial charge is 0.497 e. The van der Waals surface area contributed by atoms with E-state index in [1.165, 1.54) is 17.5 Å². The number of hydrogen-bond acceptors (Lipinski definition) is 9. The molecule has 0 aliphatic carbocycles. The minimum Gasteiger partial charge on any atom is -0.497 e. The van der Waals surface area contributed by atoms with Gasteiger partial charge in [0.05, 0.1) is 45.4 Å². The SMILES string of the molecule is COc1ccc2c(c1)OCC/C=C/CCCCN(C[C@@H](O)[C@@H](CC(=O)OC1CO[C@H]3OCCC13)Cc1ccccc1)S2(=O)=O. The number of aliphatic hydroxyl groups is 1. The van der Waals surface area contributed by atoms with Gasteiger partial charge in [-0.3, -0.25) is 4.79 Å². The summed E-state index contributed by atoms with van der Waals surface area (Å²) in [5.41, 5.74) is 0.934. The average Bonchev–Trinajstić information content (AvgIpc) is 3.64. The molecular weight excluding hydrogens is 586 g/mol. The van der Waals surface area contributed by atoms with Gasteiger partial charge in [0.2, 0.25) is 10.0 Å². The van der Waals surface area contributed by atoms with Crippen LogP contribution in [0.4, 0.5) is 0 Å². The molecule has 44 heavy (non-hydrogen) atoms. The average molecular weight is 630 g/mol. The van der Waals surface area contributed by atoms with E-state index in [1.54, 1.807) is 12.1 Å². The lowest BCUT2D eigenvalue weighted by molar-refractivity contribution is -0.153. The Morgan fingerprint density at radius 2 is 1.89 bits per heavy atom. The number of ether oxygens (including phenoxy) is 5. The minimum absolute atomic E-state index is 0.00359. The summed E-state index contributed by atoms with van der Waals surface area (Å²) in [6.07, 6.45) is 6.19. The Morgan fingerprint density at radius 3 is 2.70 bits per heavy atom. The lowest BCUT2D eigenvalue weighted by Gasteiger charge is -2.30. The van der Waals surface area contributed by atoms with Gasteiger partial charge < -0.3 is 28.8 Å². The predicted molar refractivity (Wildman–Crippen MR) is 163 cm³/mol. The molecule has 5 atom stereocenters. The molecule has 2 aromatic rings. The summed E-state index contributed by atoms with van der Waals surface area (Å²) in [6, 6.07) is 14.2. The lowest BCUT2D eigenvalue weighted by atomic mass is 9.90. The van der Waals surface area contributed by atoms with E-state index in [0.717, 1.165) is 24.8 Å². The Kier molecular flexibility index (Phi) is 11.3. The first-order valence-electron chi connectivity index (χ1n) is 15.5. The van der Waals surface area contributed by atoms with Crippen LogP contribution in [0.15, 0.2) is 65.6 Å². The number of sulfonamides is 1. The van der Waals surface area contributed by atoms with Crippen molar-refractivity contribution in [1.29, 1.82) is 0 Å². The highest BCUT2D eigenvalue weighted by Crippen LogP contribution is 2.34. The van der Waals surface area contributed by atoms with Gasteiger partial charge in [0.1, 0.15) is 22.5 Å². The van der Waals surface area contributed by atoms with Crippen LogP contribution in [0.2, 0.25) is 0 Å². The van der Waals surface area contributed by atoms with Gasteiger partial charge >= 0.3 is 5.97 Å². The van der Waals surface area contributed by atoms with E-state index < -0.39 is 34.1 Å². The molecule has 3 heterocycles. The van der Waals surface area contributed by atoms with Crippen molar-refractivity contribution in [2.24, 2.45) is 11.8 Å². The van der Waals surface area contributed by atoms with Crippen LogP contribution in [0, 0.1) is 11.8 Å². The zero-order chi connectivity index (χ0) is 30.9. The molecule has 0 amide bonds. The third kappa shape index (κ3) is 8.19. The Hall–Kier alpha value is -2.96. The second kappa shape index (κ2) is 15.4. The number of rotatable bonds is 9. The highest BCUT2D eigenvalue weighted by Gasteiger charge is 2.44. The molecule has 2 unspecified atom stereocenters. The van der Waals surface area contributed by atoms with E-state index >= 15 is 0 Å². The predicted octanol–water partition coefficient (Wildman–Crippen LogP) is 4.11. The highest BCUT2D eigenvalue weighted by atomic mass is 32.2. The topological polar surface area (TPSA) is 121 Å². The molecule has 1 N–H and O–H groups in total. The number of benzene rings is 2. The Bertz CT molecular complexity index is 1370. The van der Waals surface area contributed by atoms with Crippen molar-refractivity contribution in [3.8, 4) is 11.5 Å². The number of carbonyl (C=O) groups excluding carboxylic acids is 1. The summed E-state index contributed by atoms with van der Waals surface area (Å²) in [6.45, 7) is 1.19. The van der Waals surface area contributed by atoms with Crippen molar-refractivity contribution >= 4 is 16.0 Å². The first-order chi connectivity index (χ1) is 21.3. The number of nitrogens with zero attached hydrogens (tertiary/aromatic N) is 1. The molecule has 0 spiro atoms. The number of hydrogen-bond donors (Lipinski definition) is 1. The van der Waals surface area contributed by atoms with Crippen LogP contribution in [-0.4, -0.2) is 82.3 Å². The van der Waals surface area contributed by atoms with E-state index in [-0.39, 0.29) is 49.0 Å². The summed E-state index contributed by atoms with van der Waals surface area (Å²) in [5.74, 6) is -0.346. The Balaban J connectivity index is 1.37. The van der Waals surface area contributed by atoms with Crippen molar-refractivity contribution in [2.75, 3.05) is 40.0 Å². The van der Waals surface area contributed by atoms with E-state index in [1.807, 2.05) is 36.4 Å². The maximum Gasteiger partial charge on any atom is 0.306 e. The van der Waals surface area contributed by atoms with Crippen LogP contribution in [-0.2, 0) is 35.4 Å². The first-order valence-corrected chi connectivity index (χ1v) is 16.9. The van der Waals surface area contributed by atoms with Crippen LogP contribution in [0.5, 0.6) is 11.5 Å². The van der Waals surface area contributed by atoms with Crippen molar-refractivity contribution in [1.82, 2.24) is 4.31 Å². The minimum atomic E-state index is -4.08. The summed E-state index contributed by atoms with van der Waals surface area (Å²) >= 11 is 0. The molecular formula is C33H43NO9S. The fraction of sp³-hybridized carbons (Fsp3) is 0.545. The first kappa shape index (κ1) is 32.4. The van der Waals surface area contributed by atoms with Crippen molar-refractivity contribution in [2.45, 2.75) is 68.3 Å². The molecule has 3 aliphatic rings. The van der Waals surface area contributed by atoms with Crippen molar-refractivity contribution in [3.05, 3.63) is 66.2 Å². The van der Waals surface area contributed by atoms with E-state index in [2.05, 4.69) is 6.08 Å². The van der Waals surface area contributed by atoms with Gasteiger partial charge in [-0.1, -0.05) is 42.5 Å². The third-order valence-corrected chi connectivity index (χ3v) is 10.4. The molecule has 2 fully saturated rings. The van der Waals surface area contributed by atoms with Gasteiger partial charge in [-0.05, 0) is 56.2 Å². The van der Waals surface area contributed by atoms with Crippen molar-refractivity contribution in [3.63, 3.8) is 0 Å². The van der Waals surface area contributed by atoms with Gasteiger partial charge in [-0.15, -0.1) is 0 Å². The number of β-amino-alcohol motifs (C(OH)–C–C–N with tert-alkyl or cyclic N) is 1. The maximum absolute atomic E-state index is 14.2. The van der Waals surface area contributed by atoms with Gasteiger partial charge in [0, 0.05) is 25.1 Å². The smallest absolute Gasteiger partial charge is 0.306 e. The molecule has 10 nitrogen and oxygen atoms in total. The van der Waals surface area contributed by atoms with Gasteiger partial charge in [-0.25, -0.2) is 8.42 Å². The number of allylic oxidation sites excluding steroid dienone is 1. The summed E-state index contributed by atoms with van der Waals surface area (Å²) < 4.78 is 57.9. The number of aliphatic hydroxyl groups excluding tert-OH is 1. The Labute approximate surface area is 259 Å². The maximum atomic E-state index is 14.2. The number of fused-ring (bicyclic) bond motifs is 2. The third-order valence-electron chi connectivity index (χ3n) is 8.48. The molecule has 2 aromatic carbocycles. The number of carbonyl (C=O) groups is 1. The molecule has 0 aromatic heterocycles. The molecule has 0 radical (unpaired) electrons. The lowest BCUT2D eigenvalue weighted by Crippen LogP contribution is -2.42. The van der Waals surface area contributed by atoms with Crippen LogP contribution in [0.1, 0.15) is 44.1 Å². The molecule has 240 valence electrons. The molecule has 0 bridgehead atoms. The van der Waals surface area contributed by atoms with Crippen molar-refractivity contribution < 1.29 is 42.0 Å². The molecule has 0 saturated carbocycles. The standard InChI is InChI=1S/C33H43NO9S/c1-39-26-13-14-31-29(21-26)40-17-10-5-3-2-4-9-16-34(44(31,37)38)22-28(35)25(19-24-11-7-6-8-12-24)20-32(36)43-30-23-42-33-27(30)15-18-41-33/h3,5-8,11-14,21,25,27-28,30,33,35H,2,4,9-10,15-20,22-23H2,1H3/b5-3+/t25-,27?,28-,30?,33-/m1/s1. The van der Waals surface area contributed by atoms with Crippen LogP contribution in [0.25, 0.3) is 0 Å². The fourth-order valence-corrected chi connectivity index (χ4v) is 7.62. The zero-order valence-electron chi connectivity index (χ0n) is 25.2. The molecule has 2 saturated heterocycles. The van der Waals surface area contributed by atoms with Gasteiger partial charge in [0.15, 0.2) is 6.29 Å². The molecule has 3 aliphatic heterocycles. The second-order valence-corrected chi connectivity index (χ2v) is 13.5. The van der Waals surface area contributed by atoms with E-state index in [0.29, 0.717) is 38.2 Å². The normalized spacial score (nSPS) is 26.0. The monoisotopic (exact) mass is 629 g/mol. The molecule has 11 heteroatoms. The fourth-order valence-electron chi connectivity index (χ4n) is 6.01. The van der Waals surface area contributed by atoms with E-state index in [4.69, 9.17) is 23.7 Å². The van der Waals surface area contributed by atoms with Crippen LogP contribution >= 0.6 is 0 Å². The van der Waals surface area contributed by atoms with Gasteiger partial charge in [0.25, 0.3) is 0 Å². The van der Waals surface area contributed by atoms with E-state index in [9.17, 15) is 18.3 Å². The van der Waals surface area contributed by atoms with Crippen LogP contribution < -0.4 is 9.47 Å². The summed E-state index contributed by atoms with van der Waals surface area (Å²) in [5, 5.41) is 11.7. The quantitative estimate of drug-likeness (QED) is 0.323.